The Morgan fingerprint density at radius 2 is 2.05 bits per heavy atom. The summed E-state index contributed by atoms with van der Waals surface area (Å²) in [6, 6.07) is 10.3. The minimum absolute atomic E-state index is 0.695. The van der Waals surface area contributed by atoms with Crippen LogP contribution >= 0.6 is 0 Å². The zero-order chi connectivity index (χ0) is 13.8. The highest BCUT2D eigenvalue weighted by molar-refractivity contribution is 5.38. The van der Waals surface area contributed by atoms with Gasteiger partial charge in [-0.25, -0.2) is 4.98 Å². The van der Waals surface area contributed by atoms with Crippen molar-refractivity contribution in [1.29, 1.82) is 0 Å². The van der Waals surface area contributed by atoms with Crippen LogP contribution in [0.15, 0.2) is 55.1 Å². The van der Waals surface area contributed by atoms with Crippen molar-refractivity contribution in [2.75, 3.05) is 5.32 Å². The average Bonchev–Trinajstić information content (AvgIpc) is 3.07. The summed E-state index contributed by atoms with van der Waals surface area (Å²) in [5.74, 6) is 1.00. The van der Waals surface area contributed by atoms with Crippen LogP contribution < -0.4 is 5.32 Å². The molecule has 0 saturated heterocycles. The maximum atomic E-state index is 4.36. The molecular formula is C15H17N5. The van der Waals surface area contributed by atoms with Gasteiger partial charge in [-0.3, -0.25) is 4.68 Å². The fourth-order valence-corrected chi connectivity index (χ4v) is 2.06. The Labute approximate surface area is 117 Å². The first kappa shape index (κ1) is 12.5. The number of aromatic nitrogens is 4. The second-order valence-corrected chi connectivity index (χ2v) is 4.72. The Hall–Kier alpha value is -2.56. The van der Waals surface area contributed by atoms with Crippen molar-refractivity contribution in [1.82, 2.24) is 19.3 Å². The molecule has 3 rings (SSSR count). The van der Waals surface area contributed by atoms with Gasteiger partial charge in [0.2, 0.25) is 0 Å². The van der Waals surface area contributed by atoms with Crippen LogP contribution in [0.3, 0.4) is 0 Å². The standard InChI is InChI=1S/C15H17N5/c1-19-8-7-16-15(19)10-17-14-9-18-20(12-14)11-13-5-3-2-4-6-13/h2-9,12,17H,10-11H2,1H3. The van der Waals surface area contributed by atoms with E-state index in [9.17, 15) is 0 Å². The van der Waals surface area contributed by atoms with Gasteiger partial charge in [-0.1, -0.05) is 30.3 Å². The van der Waals surface area contributed by atoms with Crippen LogP contribution in [-0.2, 0) is 20.1 Å². The van der Waals surface area contributed by atoms with Crippen LogP contribution in [0.1, 0.15) is 11.4 Å². The van der Waals surface area contributed by atoms with Crippen molar-refractivity contribution in [3.05, 3.63) is 66.5 Å². The first-order valence-electron chi connectivity index (χ1n) is 6.58. The average molecular weight is 267 g/mol. The van der Waals surface area contributed by atoms with E-state index in [4.69, 9.17) is 0 Å². The molecule has 0 amide bonds. The largest absolute Gasteiger partial charge is 0.375 e. The van der Waals surface area contributed by atoms with E-state index in [0.29, 0.717) is 6.54 Å². The van der Waals surface area contributed by atoms with Crippen LogP contribution in [0.25, 0.3) is 0 Å². The van der Waals surface area contributed by atoms with Crippen molar-refractivity contribution >= 4 is 5.69 Å². The third kappa shape index (κ3) is 2.88. The van der Waals surface area contributed by atoms with Gasteiger partial charge in [-0.15, -0.1) is 0 Å². The summed E-state index contributed by atoms with van der Waals surface area (Å²) in [6.45, 7) is 1.48. The first-order valence-corrected chi connectivity index (χ1v) is 6.58. The molecule has 2 aromatic heterocycles. The SMILES string of the molecule is Cn1ccnc1CNc1cnn(Cc2ccccc2)c1. The summed E-state index contributed by atoms with van der Waals surface area (Å²) in [5.41, 5.74) is 2.25. The van der Waals surface area contributed by atoms with E-state index in [1.165, 1.54) is 5.56 Å². The lowest BCUT2D eigenvalue weighted by Gasteiger charge is -2.03. The first-order chi connectivity index (χ1) is 9.81. The molecule has 5 heteroatoms. The zero-order valence-corrected chi connectivity index (χ0v) is 11.4. The smallest absolute Gasteiger partial charge is 0.127 e. The molecule has 0 aliphatic heterocycles. The van der Waals surface area contributed by atoms with E-state index in [-0.39, 0.29) is 0 Å². The molecular weight excluding hydrogens is 250 g/mol. The van der Waals surface area contributed by atoms with Gasteiger partial charge in [0.05, 0.1) is 25.0 Å². The Balaban J connectivity index is 1.61. The van der Waals surface area contributed by atoms with Crippen molar-refractivity contribution in [3.63, 3.8) is 0 Å². The van der Waals surface area contributed by atoms with E-state index in [1.807, 2.05) is 53.1 Å². The number of nitrogens with one attached hydrogen (secondary N) is 1. The highest BCUT2D eigenvalue weighted by Gasteiger charge is 2.02. The molecule has 0 spiro atoms. The summed E-state index contributed by atoms with van der Waals surface area (Å²) in [4.78, 5) is 4.28. The molecule has 2 heterocycles. The van der Waals surface area contributed by atoms with Crippen LogP contribution in [0, 0.1) is 0 Å². The van der Waals surface area contributed by atoms with Crippen LogP contribution in [0.5, 0.6) is 0 Å². The highest BCUT2D eigenvalue weighted by atomic mass is 15.3. The van der Waals surface area contributed by atoms with Gasteiger partial charge < -0.3 is 9.88 Å². The second-order valence-electron chi connectivity index (χ2n) is 4.72. The summed E-state index contributed by atoms with van der Waals surface area (Å²) >= 11 is 0. The monoisotopic (exact) mass is 267 g/mol. The number of anilines is 1. The molecule has 5 nitrogen and oxygen atoms in total. The Kier molecular flexibility index (Phi) is 3.50. The van der Waals surface area contributed by atoms with E-state index in [2.05, 4.69) is 27.5 Å². The molecule has 0 fully saturated rings. The lowest BCUT2D eigenvalue weighted by Crippen LogP contribution is -2.05. The van der Waals surface area contributed by atoms with Crippen molar-refractivity contribution in [2.24, 2.45) is 7.05 Å². The summed E-state index contributed by atoms with van der Waals surface area (Å²) in [5, 5.41) is 7.69. The summed E-state index contributed by atoms with van der Waals surface area (Å²) in [6.07, 6.45) is 7.59. The molecule has 0 radical (unpaired) electrons. The van der Waals surface area contributed by atoms with Gasteiger partial charge in [-0.2, -0.15) is 5.10 Å². The number of rotatable bonds is 5. The van der Waals surface area contributed by atoms with Crippen LogP contribution in [0.4, 0.5) is 5.69 Å². The Morgan fingerprint density at radius 3 is 2.80 bits per heavy atom. The molecule has 1 aromatic carbocycles. The Morgan fingerprint density at radius 1 is 1.20 bits per heavy atom. The number of imidazole rings is 1. The minimum Gasteiger partial charge on any atom is -0.375 e. The minimum atomic E-state index is 0.695. The van der Waals surface area contributed by atoms with E-state index in [0.717, 1.165) is 18.1 Å². The van der Waals surface area contributed by atoms with Crippen LogP contribution in [-0.4, -0.2) is 19.3 Å². The van der Waals surface area contributed by atoms with E-state index in [1.54, 1.807) is 6.20 Å². The van der Waals surface area contributed by atoms with Crippen molar-refractivity contribution < 1.29 is 0 Å². The summed E-state index contributed by atoms with van der Waals surface area (Å²) in [7, 11) is 1.99. The number of nitrogens with zero attached hydrogens (tertiary/aromatic N) is 4. The summed E-state index contributed by atoms with van der Waals surface area (Å²) < 4.78 is 3.93. The van der Waals surface area contributed by atoms with Crippen molar-refractivity contribution in [3.8, 4) is 0 Å². The van der Waals surface area contributed by atoms with E-state index < -0.39 is 0 Å². The lowest BCUT2D eigenvalue weighted by molar-refractivity contribution is 0.687. The maximum Gasteiger partial charge on any atom is 0.127 e. The number of hydrogen-bond acceptors (Lipinski definition) is 3. The molecule has 0 atom stereocenters. The predicted octanol–water partition coefficient (Wildman–Crippen LogP) is 2.28. The normalized spacial score (nSPS) is 10.7. The lowest BCUT2D eigenvalue weighted by atomic mass is 10.2. The van der Waals surface area contributed by atoms with Gasteiger partial charge in [0.15, 0.2) is 0 Å². The topological polar surface area (TPSA) is 47.7 Å². The molecule has 102 valence electrons. The molecule has 0 bridgehead atoms. The number of benzene rings is 1. The van der Waals surface area contributed by atoms with Gasteiger partial charge in [0.1, 0.15) is 5.82 Å². The molecule has 0 aliphatic rings. The quantitative estimate of drug-likeness (QED) is 0.771. The fraction of sp³-hybridized carbons (Fsp3) is 0.200. The van der Waals surface area contributed by atoms with Gasteiger partial charge in [0, 0.05) is 25.6 Å². The van der Waals surface area contributed by atoms with Crippen molar-refractivity contribution in [2.45, 2.75) is 13.1 Å². The second kappa shape index (κ2) is 5.61. The fourth-order valence-electron chi connectivity index (χ4n) is 2.06. The van der Waals surface area contributed by atoms with Crippen LogP contribution in [0.2, 0.25) is 0 Å². The van der Waals surface area contributed by atoms with E-state index >= 15 is 0 Å². The molecule has 0 aliphatic carbocycles. The number of hydrogen-bond donors (Lipinski definition) is 1. The van der Waals surface area contributed by atoms with Gasteiger partial charge in [0.25, 0.3) is 0 Å². The molecule has 0 unspecified atom stereocenters. The Bertz CT molecular complexity index is 668. The third-order valence-corrected chi connectivity index (χ3v) is 3.19. The highest BCUT2D eigenvalue weighted by Crippen LogP contribution is 2.09. The number of aryl methyl sites for hydroxylation is 1. The zero-order valence-electron chi connectivity index (χ0n) is 11.4. The molecule has 0 saturated carbocycles. The molecule has 3 aromatic rings. The predicted molar refractivity (Wildman–Crippen MR) is 78.3 cm³/mol. The van der Waals surface area contributed by atoms with Gasteiger partial charge >= 0.3 is 0 Å². The molecule has 20 heavy (non-hydrogen) atoms. The molecule has 1 N–H and O–H groups in total. The third-order valence-electron chi connectivity index (χ3n) is 3.19. The maximum absolute atomic E-state index is 4.36. The van der Waals surface area contributed by atoms with Gasteiger partial charge in [-0.05, 0) is 5.56 Å².